The SMILES string of the molecule is CCCN1C(=O)C(C)NC(=O)C1C(C)C. The highest BCUT2D eigenvalue weighted by atomic mass is 16.2. The van der Waals surface area contributed by atoms with Crippen LogP contribution in [0, 0.1) is 5.92 Å². The molecule has 0 aromatic heterocycles. The van der Waals surface area contributed by atoms with Crippen LogP contribution in [0.3, 0.4) is 0 Å². The van der Waals surface area contributed by atoms with Crippen LogP contribution in [-0.2, 0) is 9.59 Å². The number of piperazine rings is 1. The lowest BCUT2D eigenvalue weighted by atomic mass is 9.97. The molecule has 0 aliphatic carbocycles. The van der Waals surface area contributed by atoms with Gasteiger partial charge in [-0.3, -0.25) is 9.59 Å². The summed E-state index contributed by atoms with van der Waals surface area (Å²) in [6.45, 7) is 8.35. The average Bonchev–Trinajstić information content (AvgIpc) is 2.13. The van der Waals surface area contributed by atoms with Crippen LogP contribution in [0.15, 0.2) is 0 Å². The van der Waals surface area contributed by atoms with E-state index in [1.807, 2.05) is 20.8 Å². The van der Waals surface area contributed by atoms with Gasteiger partial charge in [0.1, 0.15) is 12.1 Å². The predicted molar refractivity (Wildman–Crippen MR) is 58.2 cm³/mol. The van der Waals surface area contributed by atoms with Crippen LogP contribution >= 0.6 is 0 Å². The number of carbonyl (C=O) groups excluding carboxylic acids is 2. The Morgan fingerprint density at radius 2 is 2.00 bits per heavy atom. The molecule has 0 saturated carbocycles. The molecule has 0 aromatic carbocycles. The van der Waals surface area contributed by atoms with Gasteiger partial charge in [-0.1, -0.05) is 20.8 Å². The number of nitrogens with zero attached hydrogens (tertiary/aromatic N) is 1. The lowest BCUT2D eigenvalue weighted by Gasteiger charge is -2.39. The zero-order chi connectivity index (χ0) is 11.6. The van der Waals surface area contributed by atoms with Crippen molar-refractivity contribution < 1.29 is 9.59 Å². The number of nitrogens with one attached hydrogen (secondary N) is 1. The summed E-state index contributed by atoms with van der Waals surface area (Å²) in [5.41, 5.74) is 0. The third kappa shape index (κ3) is 2.30. The third-order valence-corrected chi connectivity index (χ3v) is 2.71. The van der Waals surface area contributed by atoms with Gasteiger partial charge in [0.25, 0.3) is 0 Å². The van der Waals surface area contributed by atoms with Gasteiger partial charge in [0.2, 0.25) is 11.8 Å². The Hall–Kier alpha value is -1.06. The van der Waals surface area contributed by atoms with Gasteiger partial charge in [0, 0.05) is 6.54 Å². The van der Waals surface area contributed by atoms with Crippen molar-refractivity contribution in [3.63, 3.8) is 0 Å². The number of rotatable bonds is 3. The topological polar surface area (TPSA) is 49.4 Å². The number of amides is 2. The summed E-state index contributed by atoms with van der Waals surface area (Å²) in [5.74, 6) is 0.175. The number of hydrogen-bond donors (Lipinski definition) is 1. The predicted octanol–water partition coefficient (Wildman–Crippen LogP) is 0.768. The molecule has 0 bridgehead atoms. The molecule has 1 N–H and O–H groups in total. The zero-order valence-corrected chi connectivity index (χ0v) is 9.91. The molecule has 0 aromatic rings. The third-order valence-electron chi connectivity index (χ3n) is 2.71. The Balaban J connectivity index is 2.90. The summed E-state index contributed by atoms with van der Waals surface area (Å²) < 4.78 is 0. The second-order valence-corrected chi connectivity index (χ2v) is 4.45. The molecule has 86 valence electrons. The Labute approximate surface area is 91.0 Å². The lowest BCUT2D eigenvalue weighted by Crippen LogP contribution is -2.64. The van der Waals surface area contributed by atoms with Crippen LogP contribution in [0.2, 0.25) is 0 Å². The Morgan fingerprint density at radius 1 is 1.40 bits per heavy atom. The van der Waals surface area contributed by atoms with Crippen molar-refractivity contribution in [2.24, 2.45) is 5.92 Å². The zero-order valence-electron chi connectivity index (χ0n) is 9.91. The van der Waals surface area contributed by atoms with Crippen LogP contribution < -0.4 is 5.32 Å². The molecule has 1 saturated heterocycles. The first kappa shape index (κ1) is 12.0. The van der Waals surface area contributed by atoms with E-state index in [1.165, 1.54) is 0 Å². The van der Waals surface area contributed by atoms with E-state index < -0.39 is 0 Å². The van der Waals surface area contributed by atoms with Crippen LogP contribution in [0.4, 0.5) is 0 Å². The maximum absolute atomic E-state index is 11.9. The minimum atomic E-state index is -0.376. The molecule has 4 nitrogen and oxygen atoms in total. The highest BCUT2D eigenvalue weighted by Gasteiger charge is 2.39. The molecule has 1 rings (SSSR count). The average molecular weight is 212 g/mol. The van der Waals surface area contributed by atoms with E-state index >= 15 is 0 Å². The quantitative estimate of drug-likeness (QED) is 0.751. The van der Waals surface area contributed by atoms with E-state index in [-0.39, 0.29) is 29.8 Å². The second kappa shape index (κ2) is 4.64. The highest BCUT2D eigenvalue weighted by molar-refractivity contribution is 5.96. The highest BCUT2D eigenvalue weighted by Crippen LogP contribution is 2.17. The van der Waals surface area contributed by atoms with Gasteiger partial charge in [-0.25, -0.2) is 0 Å². The van der Waals surface area contributed by atoms with E-state index in [0.29, 0.717) is 6.54 Å². The van der Waals surface area contributed by atoms with Crippen LogP contribution in [0.5, 0.6) is 0 Å². The molecule has 0 spiro atoms. The Kier molecular flexibility index (Phi) is 3.72. The van der Waals surface area contributed by atoms with E-state index in [4.69, 9.17) is 0 Å². The molecule has 1 aliphatic rings. The second-order valence-electron chi connectivity index (χ2n) is 4.45. The van der Waals surface area contributed by atoms with Gasteiger partial charge in [-0.2, -0.15) is 0 Å². The van der Waals surface area contributed by atoms with Crippen molar-refractivity contribution in [3.05, 3.63) is 0 Å². The molecule has 15 heavy (non-hydrogen) atoms. The Morgan fingerprint density at radius 3 is 2.47 bits per heavy atom. The molecular weight excluding hydrogens is 192 g/mol. The standard InChI is InChI=1S/C11H20N2O2/c1-5-6-13-9(7(2)3)10(14)12-8(4)11(13)15/h7-9H,5-6H2,1-4H3,(H,12,14). The first-order valence-electron chi connectivity index (χ1n) is 5.59. The summed E-state index contributed by atoms with van der Waals surface area (Å²) in [5, 5.41) is 2.72. The van der Waals surface area contributed by atoms with Gasteiger partial charge < -0.3 is 10.2 Å². The van der Waals surface area contributed by atoms with E-state index in [9.17, 15) is 9.59 Å². The maximum atomic E-state index is 11.9. The number of hydrogen-bond acceptors (Lipinski definition) is 2. The minimum Gasteiger partial charge on any atom is -0.343 e. The molecule has 1 heterocycles. The van der Waals surface area contributed by atoms with E-state index in [2.05, 4.69) is 5.32 Å². The van der Waals surface area contributed by atoms with Gasteiger partial charge in [0.05, 0.1) is 0 Å². The summed E-state index contributed by atoms with van der Waals surface area (Å²) in [6, 6.07) is -0.673. The van der Waals surface area contributed by atoms with Crippen LogP contribution in [0.25, 0.3) is 0 Å². The van der Waals surface area contributed by atoms with Crippen molar-refractivity contribution in [1.82, 2.24) is 10.2 Å². The maximum Gasteiger partial charge on any atom is 0.245 e. The van der Waals surface area contributed by atoms with Crippen molar-refractivity contribution in [1.29, 1.82) is 0 Å². The first-order valence-corrected chi connectivity index (χ1v) is 5.59. The minimum absolute atomic E-state index is 0.0226. The van der Waals surface area contributed by atoms with Gasteiger partial charge in [-0.05, 0) is 19.3 Å². The summed E-state index contributed by atoms with van der Waals surface area (Å²) in [6.07, 6.45) is 0.884. The molecule has 0 radical (unpaired) electrons. The van der Waals surface area contributed by atoms with Crippen LogP contribution in [0.1, 0.15) is 34.1 Å². The normalized spacial score (nSPS) is 27.1. The van der Waals surface area contributed by atoms with Crippen molar-refractivity contribution in [2.75, 3.05) is 6.54 Å². The van der Waals surface area contributed by atoms with Gasteiger partial charge in [-0.15, -0.1) is 0 Å². The molecule has 1 fully saturated rings. The molecular formula is C11H20N2O2. The fourth-order valence-corrected chi connectivity index (χ4v) is 2.04. The van der Waals surface area contributed by atoms with Crippen molar-refractivity contribution in [2.45, 2.75) is 46.2 Å². The van der Waals surface area contributed by atoms with Crippen molar-refractivity contribution >= 4 is 11.8 Å². The fourth-order valence-electron chi connectivity index (χ4n) is 2.04. The van der Waals surface area contributed by atoms with Crippen molar-refractivity contribution in [3.8, 4) is 0 Å². The molecule has 2 atom stereocenters. The summed E-state index contributed by atoms with van der Waals surface area (Å²) in [4.78, 5) is 25.4. The molecule has 2 unspecified atom stereocenters. The lowest BCUT2D eigenvalue weighted by molar-refractivity contribution is -0.150. The van der Waals surface area contributed by atoms with E-state index in [0.717, 1.165) is 6.42 Å². The van der Waals surface area contributed by atoms with Gasteiger partial charge in [0.15, 0.2) is 0 Å². The summed E-state index contributed by atoms with van der Waals surface area (Å²) in [7, 11) is 0. The molecule has 4 heteroatoms. The first-order chi connectivity index (χ1) is 6.99. The molecule has 2 amide bonds. The summed E-state index contributed by atoms with van der Waals surface area (Å²) >= 11 is 0. The molecule has 1 aliphatic heterocycles. The fraction of sp³-hybridized carbons (Fsp3) is 0.818. The van der Waals surface area contributed by atoms with Gasteiger partial charge >= 0.3 is 0 Å². The Bertz CT molecular complexity index is 263. The number of carbonyl (C=O) groups is 2. The monoisotopic (exact) mass is 212 g/mol. The largest absolute Gasteiger partial charge is 0.343 e. The van der Waals surface area contributed by atoms with Crippen LogP contribution in [-0.4, -0.2) is 35.3 Å². The smallest absolute Gasteiger partial charge is 0.245 e. The van der Waals surface area contributed by atoms with E-state index in [1.54, 1.807) is 11.8 Å².